The Bertz CT molecular complexity index is 688. The van der Waals surface area contributed by atoms with Crippen LogP contribution in [0.1, 0.15) is 22.3 Å². The smallest absolute Gasteiger partial charge is 0.130 e. The summed E-state index contributed by atoms with van der Waals surface area (Å²) in [7, 11) is 0. The summed E-state index contributed by atoms with van der Waals surface area (Å²) in [5.74, 6) is 1.68. The van der Waals surface area contributed by atoms with Gasteiger partial charge in [0.1, 0.15) is 23.2 Å². The van der Waals surface area contributed by atoms with Crippen molar-refractivity contribution in [3.63, 3.8) is 0 Å². The van der Waals surface area contributed by atoms with Crippen LogP contribution in [0, 0.1) is 10.8 Å². The third-order valence-electron chi connectivity index (χ3n) is 3.63. The lowest BCUT2D eigenvalue weighted by molar-refractivity contribution is 0.479. The average Bonchev–Trinajstić information content (AvgIpc) is 2.64. The highest BCUT2D eigenvalue weighted by Crippen LogP contribution is 2.34. The first-order chi connectivity index (χ1) is 10.0. The number of nitrogens with two attached hydrogens (primary N) is 2. The van der Waals surface area contributed by atoms with Gasteiger partial charge in [-0.05, 0) is 60.4 Å². The first-order valence-electron chi connectivity index (χ1n) is 6.67. The predicted octanol–water partition coefficient (Wildman–Crippen LogP) is 2.15. The molecule has 1 aliphatic heterocycles. The van der Waals surface area contributed by atoms with E-state index in [1.807, 2.05) is 24.3 Å². The minimum atomic E-state index is 0.0541. The molecule has 0 radical (unpaired) electrons. The van der Waals surface area contributed by atoms with Crippen molar-refractivity contribution in [3.8, 4) is 11.5 Å². The van der Waals surface area contributed by atoms with Crippen molar-refractivity contribution in [2.75, 3.05) is 0 Å². The molecule has 0 saturated carbocycles. The van der Waals surface area contributed by atoms with Crippen LogP contribution < -0.4 is 16.2 Å². The van der Waals surface area contributed by atoms with Crippen molar-refractivity contribution in [2.45, 2.75) is 12.8 Å². The maximum Gasteiger partial charge on any atom is 0.130 e. The maximum atomic E-state index is 7.51. The molecule has 0 bridgehead atoms. The molecule has 2 aromatic carbocycles. The minimum Gasteiger partial charge on any atom is -0.457 e. The molecule has 5 heteroatoms. The Morgan fingerprint density at radius 3 is 1.62 bits per heavy atom. The molecule has 6 N–H and O–H groups in total. The van der Waals surface area contributed by atoms with Crippen molar-refractivity contribution >= 4 is 11.7 Å². The Morgan fingerprint density at radius 2 is 1.24 bits per heavy atom. The standard InChI is InChI=1S/C16H16N4O/c17-15(18)11-3-5-13-9(7-11)1-2-10-8-12(16(19)20)4-6-14(10)21-13/h3-8H,1-2H2,(H3,17,18)(H3,19,20). The molecule has 3 rings (SSSR count). The molecule has 0 saturated heterocycles. The molecule has 1 heterocycles. The van der Waals surface area contributed by atoms with Gasteiger partial charge in [0.05, 0.1) is 0 Å². The number of hydrogen-bond acceptors (Lipinski definition) is 3. The van der Waals surface area contributed by atoms with Crippen LogP contribution in [0.2, 0.25) is 0 Å². The minimum absolute atomic E-state index is 0.0541. The van der Waals surface area contributed by atoms with Crippen molar-refractivity contribution in [1.82, 2.24) is 0 Å². The molecule has 0 amide bonds. The molecular weight excluding hydrogens is 264 g/mol. The molecular formula is C16H16N4O. The zero-order valence-electron chi connectivity index (χ0n) is 11.4. The zero-order chi connectivity index (χ0) is 15.0. The summed E-state index contributed by atoms with van der Waals surface area (Å²) in [6.45, 7) is 0. The Morgan fingerprint density at radius 1 is 0.810 bits per heavy atom. The fourth-order valence-corrected chi connectivity index (χ4v) is 2.47. The lowest BCUT2D eigenvalue weighted by atomic mass is 10.0. The largest absolute Gasteiger partial charge is 0.457 e. The maximum absolute atomic E-state index is 7.51. The Balaban J connectivity index is 2.00. The predicted molar refractivity (Wildman–Crippen MR) is 82.4 cm³/mol. The summed E-state index contributed by atoms with van der Waals surface area (Å²) in [5, 5.41) is 15.0. The van der Waals surface area contributed by atoms with Gasteiger partial charge in [-0.1, -0.05) is 0 Å². The van der Waals surface area contributed by atoms with E-state index in [2.05, 4.69) is 0 Å². The van der Waals surface area contributed by atoms with Gasteiger partial charge >= 0.3 is 0 Å². The SMILES string of the molecule is N=C(N)c1ccc2c(c1)CCc1cc(C(=N)N)ccc1O2. The quantitative estimate of drug-likeness (QED) is 0.499. The highest BCUT2D eigenvalue weighted by atomic mass is 16.5. The molecule has 106 valence electrons. The normalized spacial score (nSPS) is 12.6. The first-order valence-corrected chi connectivity index (χ1v) is 6.67. The van der Waals surface area contributed by atoms with E-state index >= 15 is 0 Å². The van der Waals surface area contributed by atoms with Gasteiger partial charge in [-0.25, -0.2) is 0 Å². The Hall–Kier alpha value is -2.82. The highest BCUT2D eigenvalue weighted by molar-refractivity contribution is 5.96. The number of amidine groups is 2. The van der Waals surface area contributed by atoms with Crippen LogP contribution in [0.25, 0.3) is 0 Å². The van der Waals surface area contributed by atoms with Gasteiger partial charge in [0.15, 0.2) is 0 Å². The fourth-order valence-electron chi connectivity index (χ4n) is 2.47. The van der Waals surface area contributed by atoms with Gasteiger partial charge in [0.25, 0.3) is 0 Å². The van der Waals surface area contributed by atoms with Crippen LogP contribution in [0.5, 0.6) is 11.5 Å². The van der Waals surface area contributed by atoms with Crippen molar-refractivity contribution < 1.29 is 4.74 Å². The molecule has 0 aliphatic carbocycles. The lowest BCUT2D eigenvalue weighted by Crippen LogP contribution is -2.11. The molecule has 0 fully saturated rings. The number of rotatable bonds is 2. The molecule has 0 atom stereocenters. The van der Waals surface area contributed by atoms with Crippen molar-refractivity contribution in [2.24, 2.45) is 11.5 Å². The molecule has 2 aromatic rings. The second-order valence-corrected chi connectivity index (χ2v) is 5.07. The summed E-state index contributed by atoms with van der Waals surface area (Å²) in [6, 6.07) is 11.1. The summed E-state index contributed by atoms with van der Waals surface area (Å²) in [5.41, 5.74) is 14.5. The van der Waals surface area contributed by atoms with Crippen LogP contribution in [-0.4, -0.2) is 11.7 Å². The number of nitrogen functional groups attached to an aromatic ring is 2. The number of nitrogens with one attached hydrogen (secondary N) is 2. The van der Waals surface area contributed by atoms with E-state index in [-0.39, 0.29) is 11.7 Å². The topological polar surface area (TPSA) is 109 Å². The van der Waals surface area contributed by atoms with Crippen molar-refractivity contribution in [3.05, 3.63) is 58.7 Å². The molecule has 0 aromatic heterocycles. The molecule has 21 heavy (non-hydrogen) atoms. The van der Waals surface area contributed by atoms with Gasteiger partial charge in [-0.15, -0.1) is 0 Å². The number of ether oxygens (including phenoxy) is 1. The number of fused-ring (bicyclic) bond motifs is 2. The molecule has 0 unspecified atom stereocenters. The third-order valence-corrected chi connectivity index (χ3v) is 3.63. The Labute approximate surface area is 122 Å². The van der Waals surface area contributed by atoms with Crippen LogP contribution in [0.4, 0.5) is 0 Å². The average molecular weight is 280 g/mol. The van der Waals surface area contributed by atoms with E-state index in [1.54, 1.807) is 12.1 Å². The van der Waals surface area contributed by atoms with Gasteiger partial charge in [-0.2, -0.15) is 0 Å². The number of benzene rings is 2. The zero-order valence-corrected chi connectivity index (χ0v) is 11.4. The van der Waals surface area contributed by atoms with E-state index in [0.717, 1.165) is 35.5 Å². The molecule has 0 spiro atoms. The van der Waals surface area contributed by atoms with Crippen LogP contribution in [0.15, 0.2) is 36.4 Å². The summed E-state index contributed by atoms with van der Waals surface area (Å²) >= 11 is 0. The molecule has 5 nitrogen and oxygen atoms in total. The van der Waals surface area contributed by atoms with E-state index in [9.17, 15) is 0 Å². The van der Waals surface area contributed by atoms with Crippen LogP contribution in [0.3, 0.4) is 0 Å². The summed E-state index contributed by atoms with van der Waals surface area (Å²) in [6.07, 6.45) is 1.59. The number of aryl methyl sites for hydroxylation is 2. The third kappa shape index (κ3) is 2.45. The van der Waals surface area contributed by atoms with Gasteiger partial charge in [0, 0.05) is 11.1 Å². The Kier molecular flexibility index (Phi) is 3.10. The van der Waals surface area contributed by atoms with Crippen LogP contribution in [-0.2, 0) is 12.8 Å². The van der Waals surface area contributed by atoms with Crippen molar-refractivity contribution in [1.29, 1.82) is 10.8 Å². The monoisotopic (exact) mass is 280 g/mol. The highest BCUT2D eigenvalue weighted by Gasteiger charge is 2.16. The van der Waals surface area contributed by atoms with Gasteiger partial charge in [-0.3, -0.25) is 10.8 Å². The van der Waals surface area contributed by atoms with E-state index in [0.29, 0.717) is 11.1 Å². The van der Waals surface area contributed by atoms with E-state index < -0.39 is 0 Å². The van der Waals surface area contributed by atoms with E-state index in [4.69, 9.17) is 27.0 Å². The summed E-state index contributed by atoms with van der Waals surface area (Å²) in [4.78, 5) is 0. The summed E-state index contributed by atoms with van der Waals surface area (Å²) < 4.78 is 5.95. The lowest BCUT2D eigenvalue weighted by Gasteiger charge is -2.10. The molecule has 1 aliphatic rings. The van der Waals surface area contributed by atoms with Gasteiger partial charge in [0.2, 0.25) is 0 Å². The first kappa shape index (κ1) is 13.2. The fraction of sp³-hybridized carbons (Fsp3) is 0.125. The number of hydrogen-bond donors (Lipinski definition) is 4. The second kappa shape index (κ2) is 4.94. The van der Waals surface area contributed by atoms with Gasteiger partial charge < -0.3 is 16.2 Å². The van der Waals surface area contributed by atoms with E-state index in [1.165, 1.54) is 0 Å². The van der Waals surface area contributed by atoms with Crippen LogP contribution >= 0.6 is 0 Å². The second-order valence-electron chi connectivity index (χ2n) is 5.07.